The average molecular weight is 1560 g/mol. The molecular formula is C102H160O11. The van der Waals surface area contributed by atoms with E-state index in [9.17, 15) is 19.2 Å². The van der Waals surface area contributed by atoms with E-state index in [0.29, 0.717) is 56.2 Å². The van der Waals surface area contributed by atoms with Gasteiger partial charge in [0.2, 0.25) is 0 Å². The zero-order valence-electron chi connectivity index (χ0n) is 70.9. The molecule has 7 aromatic carbocycles. The first-order valence-electron chi connectivity index (χ1n) is 41.3. The molecule has 7 aromatic rings. The van der Waals surface area contributed by atoms with Gasteiger partial charge in [0.25, 0.3) is 0 Å². The van der Waals surface area contributed by atoms with Crippen molar-refractivity contribution in [3.63, 3.8) is 0 Å². The molecule has 0 saturated heterocycles. The lowest BCUT2D eigenvalue weighted by atomic mass is 9.95. The van der Waals surface area contributed by atoms with E-state index in [1.54, 1.807) is 21.3 Å². The summed E-state index contributed by atoms with van der Waals surface area (Å²) in [7, 11) is 4.91. The molecule has 0 radical (unpaired) electrons. The topological polar surface area (TPSA) is 133 Å². The summed E-state index contributed by atoms with van der Waals surface area (Å²) >= 11 is 0. The molecule has 0 aliphatic heterocycles. The zero-order chi connectivity index (χ0) is 80.7. The number of rotatable bonds is 29. The van der Waals surface area contributed by atoms with Crippen molar-refractivity contribution >= 4 is 57.6 Å². The fourth-order valence-electron chi connectivity index (χ4n) is 11.3. The van der Waals surface area contributed by atoms with Crippen molar-refractivity contribution < 1.29 is 52.3 Å². The molecule has 9 rings (SSSR count). The van der Waals surface area contributed by atoms with Gasteiger partial charge in [-0.1, -0.05) is 329 Å². The van der Waals surface area contributed by atoms with Crippen molar-refractivity contribution in [1.29, 1.82) is 0 Å². The van der Waals surface area contributed by atoms with Crippen molar-refractivity contribution in [3.8, 4) is 0 Å². The van der Waals surface area contributed by atoms with E-state index in [0.717, 1.165) is 70.6 Å². The molecule has 11 nitrogen and oxygen atoms in total. The molecule has 2 aliphatic carbocycles. The molecule has 11 heteroatoms. The summed E-state index contributed by atoms with van der Waals surface area (Å²) in [5, 5.41) is 5.37. The van der Waals surface area contributed by atoms with Crippen molar-refractivity contribution in [2.24, 2.45) is 23.7 Å². The number of allylic oxidation sites excluding steroid dienone is 1. The lowest BCUT2D eigenvalue weighted by molar-refractivity contribution is -0.156. The number of hydrogen-bond donors (Lipinski definition) is 0. The van der Waals surface area contributed by atoms with Crippen molar-refractivity contribution in [1.82, 2.24) is 0 Å². The first kappa shape index (κ1) is 109. The van der Waals surface area contributed by atoms with Crippen molar-refractivity contribution in [2.45, 2.75) is 298 Å². The summed E-state index contributed by atoms with van der Waals surface area (Å²) in [5.74, 6) is 2.46. The van der Waals surface area contributed by atoms with Gasteiger partial charge >= 0.3 is 23.9 Å². The summed E-state index contributed by atoms with van der Waals surface area (Å²) in [6, 6.07) is 58.7. The largest absolute Gasteiger partial charge is 0.463 e. The molecule has 0 spiro atoms. The normalized spacial score (nSPS) is 15.4. The Morgan fingerprint density at radius 3 is 1.03 bits per heavy atom. The van der Waals surface area contributed by atoms with Crippen LogP contribution in [0.1, 0.15) is 312 Å². The minimum atomic E-state index is -0.135. The number of benzene rings is 7. The summed E-state index contributed by atoms with van der Waals surface area (Å²) in [6.45, 7) is 38.9. The maximum Gasteiger partial charge on any atom is 0.308 e. The Bertz CT molecular complexity index is 3420. The Hall–Kier alpha value is -7.70. The van der Waals surface area contributed by atoms with Gasteiger partial charge in [0.15, 0.2) is 0 Å². The second kappa shape index (κ2) is 66.6. The highest BCUT2D eigenvalue weighted by atomic mass is 16.6. The Balaban J connectivity index is -0.00000122. The number of methoxy groups -OCH3 is 3. The maximum absolute atomic E-state index is 11.5. The van der Waals surface area contributed by atoms with Crippen LogP contribution >= 0.6 is 0 Å². The number of carbonyl (C=O) groups excluding carboxylic acids is 4. The van der Waals surface area contributed by atoms with E-state index < -0.39 is 0 Å². The fraction of sp³-hybridized carbons (Fsp3) is 0.549. The highest BCUT2D eigenvalue weighted by Gasteiger charge is 2.25. The van der Waals surface area contributed by atoms with Gasteiger partial charge in [-0.3, -0.25) is 19.2 Å². The van der Waals surface area contributed by atoms with Crippen LogP contribution < -0.4 is 0 Å². The molecule has 2 fully saturated rings. The number of esters is 4. The third kappa shape index (κ3) is 45.8. The van der Waals surface area contributed by atoms with Crippen LogP contribution in [0.25, 0.3) is 33.7 Å². The van der Waals surface area contributed by atoms with E-state index in [1.807, 2.05) is 67.5 Å². The molecule has 0 aromatic heterocycles. The molecule has 0 heterocycles. The Kier molecular flexibility index (Phi) is 64.5. The van der Waals surface area contributed by atoms with Gasteiger partial charge in [-0.25, -0.2) is 0 Å². The van der Waals surface area contributed by atoms with E-state index in [-0.39, 0.29) is 89.5 Å². The SMILES string of the molecule is C.C.C.C.C=CCc1ccc(C(C)CC)cc1.CCC(C)C(=O)OC1CCC(OC)CC1.CCC(C)C(=O)OC1CCCCC1.CCC(C)C(=O)OCCOC.CCC(C)C(=O)OCCOC.CCC(C)c1ccc(/C=C/c2ccccc2)cc1.CCC(C)c1ccc2ccccc2c1.CCC(C)c1ccc2ccccc2c1. The standard InChI is InChI=1S/C18H20.2C14H16.C13H18.C12H22O3.C11H20O2.2C8H16O3.4CH4/c1-3-15(2)18-13-11-17(12-14-18)10-9-16-7-5-4-6-8-16;2*1-3-11(2)13-9-8-12-6-4-5-7-14(12)10-13;1-4-6-12-7-9-13(10-8-12)11(3)5-2;1-4-9(2)12(13)15-11-7-5-10(14-3)6-8-11;1-3-9(2)11(12)13-10-7-5-4-6-8-10;2*1-4-7(2)8(9)11-6-5-10-3;;;;/h4-15H,3H2,1-2H3;2*4-11H,3H2,1-2H3;4,7-11H,1,5-6H2,2-3H3;9-11H,4-8H2,1-3H3;9-10H,3-8H2,1-2H3;2*7H,4-6H2,1-3H3;4*1H4/b10-9+;;;;;;;;;;;. The molecule has 113 heavy (non-hydrogen) atoms. The van der Waals surface area contributed by atoms with Gasteiger partial charge in [0.1, 0.15) is 25.4 Å². The average Bonchev–Trinajstić information content (AvgIpc) is 0.861. The van der Waals surface area contributed by atoms with Crippen LogP contribution in [-0.4, -0.2) is 89.9 Å². The fourth-order valence-corrected chi connectivity index (χ4v) is 11.3. The Labute approximate surface area is 690 Å². The number of ether oxygens (including phenoxy) is 7. The van der Waals surface area contributed by atoms with Crippen LogP contribution in [-0.2, 0) is 58.8 Å². The summed E-state index contributed by atoms with van der Waals surface area (Å²) in [6.07, 6.45) is 25.9. The summed E-state index contributed by atoms with van der Waals surface area (Å²) < 4.78 is 35.3. The molecule has 0 amide bonds. The van der Waals surface area contributed by atoms with Gasteiger partial charge in [-0.15, -0.1) is 6.58 Å². The molecule has 0 bridgehead atoms. The van der Waals surface area contributed by atoms with Gasteiger partial charge in [-0.2, -0.15) is 0 Å². The van der Waals surface area contributed by atoms with Crippen LogP contribution in [0.2, 0.25) is 0 Å². The maximum atomic E-state index is 11.5. The lowest BCUT2D eigenvalue weighted by Gasteiger charge is -2.28. The second-order valence-electron chi connectivity index (χ2n) is 29.4. The first-order chi connectivity index (χ1) is 52.5. The second-order valence-corrected chi connectivity index (χ2v) is 29.4. The van der Waals surface area contributed by atoms with Gasteiger partial charge in [0, 0.05) is 21.3 Å². The van der Waals surface area contributed by atoms with E-state index >= 15 is 0 Å². The predicted octanol–water partition coefficient (Wildman–Crippen LogP) is 28.4. The summed E-state index contributed by atoms with van der Waals surface area (Å²) in [4.78, 5) is 44.9. The van der Waals surface area contributed by atoms with Crippen molar-refractivity contribution in [3.05, 3.63) is 215 Å². The molecule has 8 atom stereocenters. The molecular weight excluding hydrogens is 1400 g/mol. The van der Waals surface area contributed by atoms with Crippen LogP contribution in [0, 0.1) is 23.7 Å². The van der Waals surface area contributed by atoms with E-state index in [1.165, 1.54) is 105 Å². The van der Waals surface area contributed by atoms with Crippen LogP contribution in [0.4, 0.5) is 0 Å². The Morgan fingerprint density at radius 1 is 0.354 bits per heavy atom. The highest BCUT2D eigenvalue weighted by Crippen LogP contribution is 2.28. The van der Waals surface area contributed by atoms with Crippen molar-refractivity contribution in [2.75, 3.05) is 47.8 Å². The Morgan fingerprint density at radius 2 is 0.673 bits per heavy atom. The smallest absolute Gasteiger partial charge is 0.308 e. The number of fused-ring (bicyclic) bond motifs is 2. The predicted molar refractivity (Wildman–Crippen MR) is 487 cm³/mol. The van der Waals surface area contributed by atoms with Crippen LogP contribution in [0.15, 0.2) is 176 Å². The molecule has 8 unspecified atom stereocenters. The minimum Gasteiger partial charge on any atom is -0.463 e. The van der Waals surface area contributed by atoms with Crippen LogP contribution in [0.3, 0.4) is 0 Å². The minimum absolute atomic E-state index is 0. The third-order valence-corrected chi connectivity index (χ3v) is 21.0. The first-order valence-corrected chi connectivity index (χ1v) is 41.3. The molecule has 0 N–H and O–H groups in total. The number of carbonyl (C=O) groups is 4. The van der Waals surface area contributed by atoms with Gasteiger partial charge < -0.3 is 33.2 Å². The quantitative estimate of drug-likeness (QED) is 0.0146. The molecule has 634 valence electrons. The van der Waals surface area contributed by atoms with E-state index in [2.05, 4.69) is 232 Å². The van der Waals surface area contributed by atoms with Crippen LogP contribution in [0.5, 0.6) is 0 Å². The zero-order valence-corrected chi connectivity index (χ0v) is 70.9. The molecule has 2 saturated carbocycles. The van der Waals surface area contributed by atoms with Gasteiger partial charge in [-0.05, 0) is 193 Å². The van der Waals surface area contributed by atoms with E-state index in [4.69, 9.17) is 33.2 Å². The van der Waals surface area contributed by atoms with Gasteiger partial charge in [0.05, 0.1) is 43.0 Å². The number of hydrogen-bond acceptors (Lipinski definition) is 11. The highest BCUT2D eigenvalue weighted by molar-refractivity contribution is 5.84. The third-order valence-electron chi connectivity index (χ3n) is 21.0. The molecule has 2 aliphatic rings. The monoisotopic (exact) mass is 1560 g/mol. The lowest BCUT2D eigenvalue weighted by Crippen LogP contribution is -2.29. The summed E-state index contributed by atoms with van der Waals surface area (Å²) in [5.41, 5.74) is 9.61.